The highest BCUT2D eigenvalue weighted by Crippen LogP contribution is 2.23. The van der Waals surface area contributed by atoms with Crippen molar-refractivity contribution >= 4 is 17.7 Å². The second kappa shape index (κ2) is 5.69. The molecule has 0 atom stereocenters. The van der Waals surface area contributed by atoms with E-state index in [0.29, 0.717) is 5.56 Å². The fraction of sp³-hybridized carbons (Fsp3) is 0.143. The molecule has 0 aliphatic carbocycles. The van der Waals surface area contributed by atoms with Crippen molar-refractivity contribution in [2.75, 3.05) is 0 Å². The molecule has 1 aromatic carbocycles. The lowest BCUT2D eigenvalue weighted by atomic mass is 10.2. The molecule has 0 amide bonds. The van der Waals surface area contributed by atoms with E-state index in [4.69, 9.17) is 5.11 Å². The van der Waals surface area contributed by atoms with E-state index in [0.717, 1.165) is 16.2 Å². The molecule has 18 heavy (non-hydrogen) atoms. The number of nitrogens with zero attached hydrogens (tertiary/aromatic N) is 1. The highest BCUT2D eigenvalue weighted by atomic mass is 32.2. The molecule has 2 rings (SSSR count). The van der Waals surface area contributed by atoms with Crippen LogP contribution in [0, 0.1) is 6.92 Å². The Kier molecular flexibility index (Phi) is 3.99. The Balaban J connectivity index is 2.00. The molecule has 0 aliphatic heterocycles. The van der Waals surface area contributed by atoms with Crippen molar-refractivity contribution in [1.29, 1.82) is 0 Å². The molecule has 0 radical (unpaired) electrons. The Morgan fingerprint density at radius 3 is 2.61 bits per heavy atom. The summed E-state index contributed by atoms with van der Waals surface area (Å²) in [6, 6.07) is 9.01. The third kappa shape index (κ3) is 3.34. The second-order valence-corrected chi connectivity index (χ2v) is 5.04. The van der Waals surface area contributed by atoms with Gasteiger partial charge in [0.05, 0.1) is 5.56 Å². The minimum Gasteiger partial charge on any atom is -0.478 e. The zero-order valence-corrected chi connectivity index (χ0v) is 10.8. The number of aromatic nitrogens is 1. The molecule has 0 aliphatic rings. The summed E-state index contributed by atoms with van der Waals surface area (Å²) in [5.41, 5.74) is 2.63. The van der Waals surface area contributed by atoms with Gasteiger partial charge in [-0.15, -0.1) is 11.8 Å². The molecule has 0 saturated heterocycles. The number of thioether (sulfide) groups is 1. The molecule has 0 fully saturated rings. The van der Waals surface area contributed by atoms with Gasteiger partial charge in [-0.3, -0.25) is 4.98 Å². The van der Waals surface area contributed by atoms with Crippen molar-refractivity contribution in [3.05, 3.63) is 59.4 Å². The summed E-state index contributed by atoms with van der Waals surface area (Å²) < 4.78 is 0. The van der Waals surface area contributed by atoms with Crippen LogP contribution in [0.4, 0.5) is 0 Å². The van der Waals surface area contributed by atoms with E-state index in [1.807, 2.05) is 31.5 Å². The number of aromatic carboxylic acids is 1. The van der Waals surface area contributed by atoms with Crippen LogP contribution in [0.25, 0.3) is 0 Å². The highest BCUT2D eigenvalue weighted by Gasteiger charge is 2.02. The predicted molar refractivity (Wildman–Crippen MR) is 71.9 cm³/mol. The molecule has 92 valence electrons. The van der Waals surface area contributed by atoms with E-state index in [9.17, 15) is 4.79 Å². The van der Waals surface area contributed by atoms with Crippen LogP contribution in [0.15, 0.2) is 47.6 Å². The molecule has 0 spiro atoms. The SMILES string of the molecule is Cc1cncc(CSc2ccc(C(=O)O)cc2)c1. The van der Waals surface area contributed by atoms with E-state index >= 15 is 0 Å². The molecular formula is C14H13NO2S. The largest absolute Gasteiger partial charge is 0.478 e. The Morgan fingerprint density at radius 2 is 2.00 bits per heavy atom. The van der Waals surface area contributed by atoms with Crippen LogP contribution >= 0.6 is 11.8 Å². The Morgan fingerprint density at radius 1 is 1.28 bits per heavy atom. The quantitative estimate of drug-likeness (QED) is 0.855. The number of carboxylic acid groups (broad SMARTS) is 1. The van der Waals surface area contributed by atoms with Gasteiger partial charge in [-0.1, -0.05) is 6.07 Å². The molecule has 0 bridgehead atoms. The summed E-state index contributed by atoms with van der Waals surface area (Å²) in [7, 11) is 0. The third-order valence-corrected chi connectivity index (χ3v) is 3.52. The maximum atomic E-state index is 10.7. The van der Waals surface area contributed by atoms with Gasteiger partial charge in [-0.25, -0.2) is 4.79 Å². The second-order valence-electron chi connectivity index (χ2n) is 3.99. The number of hydrogen-bond acceptors (Lipinski definition) is 3. The first-order valence-corrected chi connectivity index (χ1v) is 6.50. The molecule has 4 heteroatoms. The first-order valence-electron chi connectivity index (χ1n) is 5.52. The zero-order valence-electron chi connectivity index (χ0n) is 9.96. The predicted octanol–water partition coefficient (Wildman–Crippen LogP) is 3.38. The van der Waals surface area contributed by atoms with Gasteiger partial charge in [0.15, 0.2) is 0 Å². The lowest BCUT2D eigenvalue weighted by Gasteiger charge is -2.03. The van der Waals surface area contributed by atoms with Crippen LogP contribution in [0.2, 0.25) is 0 Å². The van der Waals surface area contributed by atoms with Crippen molar-refractivity contribution in [2.45, 2.75) is 17.6 Å². The van der Waals surface area contributed by atoms with Crippen molar-refractivity contribution in [2.24, 2.45) is 0 Å². The van der Waals surface area contributed by atoms with Gasteiger partial charge in [0.1, 0.15) is 0 Å². The maximum absolute atomic E-state index is 10.7. The van der Waals surface area contributed by atoms with Crippen molar-refractivity contribution in [3.63, 3.8) is 0 Å². The minimum absolute atomic E-state index is 0.316. The van der Waals surface area contributed by atoms with Crippen LogP contribution in [0.5, 0.6) is 0 Å². The maximum Gasteiger partial charge on any atom is 0.335 e. The fourth-order valence-electron chi connectivity index (χ4n) is 1.56. The number of carboxylic acids is 1. The van der Waals surface area contributed by atoms with E-state index in [-0.39, 0.29) is 0 Å². The summed E-state index contributed by atoms with van der Waals surface area (Å²) >= 11 is 1.67. The van der Waals surface area contributed by atoms with Gasteiger partial charge in [0, 0.05) is 23.0 Å². The summed E-state index contributed by atoms with van der Waals surface area (Å²) in [6.07, 6.45) is 3.68. The molecule has 3 nitrogen and oxygen atoms in total. The Labute approximate surface area is 110 Å². The summed E-state index contributed by atoms with van der Waals surface area (Å²) in [4.78, 5) is 15.9. The third-order valence-electron chi connectivity index (χ3n) is 2.44. The van der Waals surface area contributed by atoms with Crippen LogP contribution in [0.3, 0.4) is 0 Å². The zero-order chi connectivity index (χ0) is 13.0. The standard InChI is InChI=1S/C14H13NO2S/c1-10-6-11(8-15-7-10)9-18-13-4-2-12(3-5-13)14(16)17/h2-8H,9H2,1H3,(H,16,17). The van der Waals surface area contributed by atoms with Crippen LogP contribution in [0.1, 0.15) is 21.5 Å². The smallest absolute Gasteiger partial charge is 0.335 e. The average Bonchev–Trinajstić information content (AvgIpc) is 2.37. The van der Waals surface area contributed by atoms with Gasteiger partial charge in [0.2, 0.25) is 0 Å². The Bertz CT molecular complexity index is 552. The van der Waals surface area contributed by atoms with E-state index in [1.165, 1.54) is 5.56 Å². The monoisotopic (exact) mass is 259 g/mol. The molecule has 2 aromatic rings. The molecule has 1 heterocycles. The normalized spacial score (nSPS) is 10.3. The van der Waals surface area contributed by atoms with Crippen LogP contribution in [-0.2, 0) is 5.75 Å². The lowest BCUT2D eigenvalue weighted by Crippen LogP contribution is -1.94. The average molecular weight is 259 g/mol. The number of aryl methyl sites for hydroxylation is 1. The topological polar surface area (TPSA) is 50.2 Å². The molecule has 0 unspecified atom stereocenters. The summed E-state index contributed by atoms with van der Waals surface area (Å²) in [5.74, 6) is -0.0596. The van der Waals surface area contributed by atoms with Gasteiger partial charge < -0.3 is 5.11 Å². The molecule has 0 saturated carbocycles. The van der Waals surface area contributed by atoms with Gasteiger partial charge in [0.25, 0.3) is 0 Å². The highest BCUT2D eigenvalue weighted by molar-refractivity contribution is 7.98. The lowest BCUT2D eigenvalue weighted by molar-refractivity contribution is 0.0697. The Hall–Kier alpha value is -1.81. The van der Waals surface area contributed by atoms with Crippen LogP contribution in [-0.4, -0.2) is 16.1 Å². The van der Waals surface area contributed by atoms with Gasteiger partial charge >= 0.3 is 5.97 Å². The van der Waals surface area contributed by atoms with Crippen molar-refractivity contribution in [1.82, 2.24) is 4.98 Å². The number of carbonyl (C=O) groups is 1. The van der Waals surface area contributed by atoms with E-state index in [2.05, 4.69) is 11.1 Å². The van der Waals surface area contributed by atoms with Crippen LogP contribution < -0.4 is 0 Å². The summed E-state index contributed by atoms with van der Waals surface area (Å²) in [5, 5.41) is 8.80. The molecule has 1 N–H and O–H groups in total. The molecule has 1 aromatic heterocycles. The fourth-order valence-corrected chi connectivity index (χ4v) is 2.38. The van der Waals surface area contributed by atoms with Crippen molar-refractivity contribution in [3.8, 4) is 0 Å². The first kappa shape index (κ1) is 12.6. The number of rotatable bonds is 4. The van der Waals surface area contributed by atoms with E-state index in [1.54, 1.807) is 23.9 Å². The number of hydrogen-bond donors (Lipinski definition) is 1. The summed E-state index contributed by atoms with van der Waals surface area (Å²) in [6.45, 7) is 2.02. The minimum atomic E-state index is -0.894. The first-order chi connectivity index (χ1) is 8.65. The van der Waals surface area contributed by atoms with Gasteiger partial charge in [-0.2, -0.15) is 0 Å². The molecular weight excluding hydrogens is 246 g/mol. The van der Waals surface area contributed by atoms with E-state index < -0.39 is 5.97 Å². The number of pyridine rings is 1. The number of benzene rings is 1. The van der Waals surface area contributed by atoms with Gasteiger partial charge in [-0.05, 0) is 42.3 Å². The van der Waals surface area contributed by atoms with Crippen molar-refractivity contribution < 1.29 is 9.90 Å².